The highest BCUT2D eigenvalue weighted by molar-refractivity contribution is 5.76. The van der Waals surface area contributed by atoms with Gasteiger partial charge in [-0.1, -0.05) is 6.92 Å². The molecular formula is C11H22N2O. The summed E-state index contributed by atoms with van der Waals surface area (Å²) < 4.78 is 0. The largest absolute Gasteiger partial charge is 0.353 e. The number of hydrogen-bond acceptors (Lipinski definition) is 2. The van der Waals surface area contributed by atoms with Crippen molar-refractivity contribution in [1.82, 2.24) is 10.6 Å². The predicted octanol–water partition coefficient (Wildman–Crippen LogP) is 1.29. The number of nitrogens with one attached hydrogen (secondary N) is 2. The smallest absolute Gasteiger partial charge is 0.221 e. The van der Waals surface area contributed by atoms with Crippen molar-refractivity contribution in [1.29, 1.82) is 0 Å². The van der Waals surface area contributed by atoms with Crippen LogP contribution in [0, 0.1) is 5.92 Å². The molecule has 3 heteroatoms. The van der Waals surface area contributed by atoms with Gasteiger partial charge in [0.15, 0.2) is 0 Å². The molecule has 0 bridgehead atoms. The Morgan fingerprint density at radius 1 is 1.43 bits per heavy atom. The van der Waals surface area contributed by atoms with Crippen LogP contribution in [0.2, 0.25) is 0 Å². The van der Waals surface area contributed by atoms with Crippen LogP contribution in [0.15, 0.2) is 0 Å². The minimum Gasteiger partial charge on any atom is -0.353 e. The Morgan fingerprint density at radius 3 is 2.57 bits per heavy atom. The maximum absolute atomic E-state index is 11.5. The zero-order valence-electron chi connectivity index (χ0n) is 9.47. The lowest BCUT2D eigenvalue weighted by atomic mass is 10.2. The van der Waals surface area contributed by atoms with Crippen LogP contribution in [0.5, 0.6) is 0 Å². The molecule has 2 N–H and O–H groups in total. The van der Waals surface area contributed by atoms with Crippen LogP contribution in [-0.2, 0) is 4.79 Å². The van der Waals surface area contributed by atoms with Gasteiger partial charge in [0, 0.05) is 18.5 Å². The van der Waals surface area contributed by atoms with Crippen LogP contribution >= 0.6 is 0 Å². The Balaban J connectivity index is 2.13. The summed E-state index contributed by atoms with van der Waals surface area (Å²) in [4.78, 5) is 11.5. The maximum Gasteiger partial charge on any atom is 0.221 e. The highest BCUT2D eigenvalue weighted by Gasteiger charge is 2.28. The molecule has 3 nitrogen and oxygen atoms in total. The number of amides is 1. The van der Waals surface area contributed by atoms with Gasteiger partial charge < -0.3 is 10.6 Å². The fraction of sp³-hybridized carbons (Fsp3) is 0.909. The lowest BCUT2D eigenvalue weighted by molar-refractivity contribution is -0.122. The fourth-order valence-electron chi connectivity index (χ4n) is 1.73. The molecule has 0 aromatic rings. The van der Waals surface area contributed by atoms with Crippen molar-refractivity contribution in [3.63, 3.8) is 0 Å². The normalized spacial score (nSPS) is 20.2. The van der Waals surface area contributed by atoms with Gasteiger partial charge in [-0.15, -0.1) is 0 Å². The van der Waals surface area contributed by atoms with Gasteiger partial charge in [-0.25, -0.2) is 0 Å². The highest BCUT2D eigenvalue weighted by Crippen LogP contribution is 2.32. The molecular weight excluding hydrogens is 176 g/mol. The Bertz CT molecular complexity index is 190. The summed E-state index contributed by atoms with van der Waals surface area (Å²) in [5, 5.41) is 6.29. The Morgan fingerprint density at radius 2 is 2.07 bits per heavy atom. The maximum atomic E-state index is 11.5. The van der Waals surface area contributed by atoms with E-state index in [0.717, 1.165) is 12.5 Å². The van der Waals surface area contributed by atoms with E-state index >= 15 is 0 Å². The first-order valence-corrected chi connectivity index (χ1v) is 5.66. The molecule has 1 saturated carbocycles. The summed E-state index contributed by atoms with van der Waals surface area (Å²) in [5.41, 5.74) is 0. The molecule has 0 aromatic heterocycles. The minimum atomic E-state index is 0.179. The van der Waals surface area contributed by atoms with Crippen molar-refractivity contribution in [3.05, 3.63) is 0 Å². The van der Waals surface area contributed by atoms with Gasteiger partial charge in [-0.2, -0.15) is 0 Å². The van der Waals surface area contributed by atoms with Crippen molar-refractivity contribution in [2.45, 2.75) is 52.1 Å². The first kappa shape index (κ1) is 11.5. The van der Waals surface area contributed by atoms with Crippen LogP contribution in [0.3, 0.4) is 0 Å². The van der Waals surface area contributed by atoms with Crippen molar-refractivity contribution in [2.75, 3.05) is 6.54 Å². The molecule has 82 valence electrons. The average Bonchev–Trinajstić information content (AvgIpc) is 2.85. The van der Waals surface area contributed by atoms with E-state index in [2.05, 4.69) is 24.5 Å². The van der Waals surface area contributed by atoms with Crippen LogP contribution in [0.4, 0.5) is 0 Å². The van der Waals surface area contributed by atoms with E-state index in [4.69, 9.17) is 0 Å². The van der Waals surface area contributed by atoms with Gasteiger partial charge in [0.2, 0.25) is 5.91 Å². The van der Waals surface area contributed by atoms with E-state index in [1.807, 2.05) is 6.92 Å². The minimum absolute atomic E-state index is 0.179. The molecule has 1 aliphatic rings. The molecule has 2 unspecified atom stereocenters. The zero-order chi connectivity index (χ0) is 10.6. The molecule has 0 radical (unpaired) electrons. The summed E-state index contributed by atoms with van der Waals surface area (Å²) >= 11 is 0. The molecule has 0 aromatic carbocycles. The van der Waals surface area contributed by atoms with E-state index in [1.54, 1.807) is 0 Å². The molecule has 1 fully saturated rings. The third-order valence-electron chi connectivity index (χ3n) is 2.76. The third kappa shape index (κ3) is 4.09. The third-order valence-corrected chi connectivity index (χ3v) is 2.76. The van der Waals surface area contributed by atoms with Gasteiger partial charge in [-0.3, -0.25) is 4.79 Å². The average molecular weight is 198 g/mol. The van der Waals surface area contributed by atoms with Gasteiger partial charge in [0.1, 0.15) is 0 Å². The van der Waals surface area contributed by atoms with Gasteiger partial charge in [0.05, 0.1) is 0 Å². The van der Waals surface area contributed by atoms with Crippen LogP contribution in [-0.4, -0.2) is 24.5 Å². The van der Waals surface area contributed by atoms with E-state index < -0.39 is 0 Å². The zero-order valence-corrected chi connectivity index (χ0v) is 9.47. The van der Waals surface area contributed by atoms with E-state index in [0.29, 0.717) is 12.5 Å². The molecule has 14 heavy (non-hydrogen) atoms. The number of carbonyl (C=O) groups excluding carboxylic acids is 1. The first-order valence-electron chi connectivity index (χ1n) is 5.66. The molecule has 0 aliphatic heterocycles. The first-order chi connectivity index (χ1) is 6.63. The number of carbonyl (C=O) groups is 1. The molecule has 1 amide bonds. The van der Waals surface area contributed by atoms with Crippen LogP contribution in [0.25, 0.3) is 0 Å². The fourth-order valence-corrected chi connectivity index (χ4v) is 1.73. The second-order valence-electron chi connectivity index (χ2n) is 4.36. The quantitative estimate of drug-likeness (QED) is 0.675. The monoisotopic (exact) mass is 198 g/mol. The van der Waals surface area contributed by atoms with Crippen LogP contribution in [0.1, 0.15) is 40.0 Å². The lowest BCUT2D eigenvalue weighted by Crippen LogP contribution is -2.38. The molecule has 0 saturated heterocycles. The van der Waals surface area contributed by atoms with Crippen molar-refractivity contribution in [2.24, 2.45) is 5.92 Å². The van der Waals surface area contributed by atoms with Gasteiger partial charge in [-0.05, 0) is 39.2 Å². The summed E-state index contributed by atoms with van der Waals surface area (Å²) in [6, 6.07) is 0.655. The second-order valence-corrected chi connectivity index (χ2v) is 4.36. The van der Waals surface area contributed by atoms with Crippen molar-refractivity contribution < 1.29 is 4.79 Å². The summed E-state index contributed by atoms with van der Waals surface area (Å²) in [6.45, 7) is 7.13. The van der Waals surface area contributed by atoms with Crippen molar-refractivity contribution >= 4 is 5.91 Å². The Hall–Kier alpha value is -0.570. The summed E-state index contributed by atoms with van der Waals surface area (Å²) in [7, 11) is 0. The van der Waals surface area contributed by atoms with Gasteiger partial charge in [0.25, 0.3) is 0 Å². The van der Waals surface area contributed by atoms with Crippen LogP contribution < -0.4 is 10.6 Å². The Kier molecular flexibility index (Phi) is 4.39. The summed E-state index contributed by atoms with van der Waals surface area (Å²) in [5.74, 6) is 0.922. The predicted molar refractivity (Wildman–Crippen MR) is 58.1 cm³/mol. The topological polar surface area (TPSA) is 41.1 Å². The molecule has 0 heterocycles. The lowest BCUT2D eigenvalue weighted by Gasteiger charge is -2.16. The molecule has 1 rings (SSSR count). The standard InChI is InChI=1S/C11H22N2O/c1-4-12-8(2)7-11(14)13-9(3)10-5-6-10/h8-10,12H,4-7H2,1-3H3,(H,13,14). The van der Waals surface area contributed by atoms with Gasteiger partial charge >= 0.3 is 0 Å². The number of rotatable bonds is 6. The van der Waals surface area contributed by atoms with E-state index in [-0.39, 0.29) is 11.9 Å². The highest BCUT2D eigenvalue weighted by atomic mass is 16.1. The molecule has 2 atom stereocenters. The SMILES string of the molecule is CCNC(C)CC(=O)NC(C)C1CC1. The summed E-state index contributed by atoms with van der Waals surface area (Å²) in [6.07, 6.45) is 3.15. The number of hydrogen-bond donors (Lipinski definition) is 2. The second kappa shape index (κ2) is 5.35. The van der Waals surface area contributed by atoms with E-state index in [9.17, 15) is 4.79 Å². The molecule has 0 spiro atoms. The molecule has 1 aliphatic carbocycles. The van der Waals surface area contributed by atoms with E-state index in [1.165, 1.54) is 12.8 Å². The van der Waals surface area contributed by atoms with Crippen molar-refractivity contribution in [3.8, 4) is 0 Å². The Labute approximate surface area is 86.6 Å².